The second-order valence-corrected chi connectivity index (χ2v) is 5.47. The number of nitrogens with zero attached hydrogens (tertiary/aromatic N) is 1. The Morgan fingerprint density at radius 2 is 2.09 bits per heavy atom. The van der Waals surface area contributed by atoms with E-state index in [9.17, 15) is 4.79 Å². The Morgan fingerprint density at radius 1 is 1.27 bits per heavy atom. The summed E-state index contributed by atoms with van der Waals surface area (Å²) in [5.41, 5.74) is 9.33. The van der Waals surface area contributed by atoms with Crippen LogP contribution in [0.1, 0.15) is 27.9 Å². The van der Waals surface area contributed by atoms with Gasteiger partial charge in [0.15, 0.2) is 0 Å². The van der Waals surface area contributed by atoms with E-state index in [2.05, 4.69) is 0 Å². The van der Waals surface area contributed by atoms with Crippen LogP contribution in [0.25, 0.3) is 0 Å². The fourth-order valence-corrected chi connectivity index (χ4v) is 2.75. The largest absolute Gasteiger partial charge is 0.491 e. The second kappa shape index (κ2) is 6.20. The Hall–Kier alpha value is -2.33. The van der Waals surface area contributed by atoms with Crippen LogP contribution in [0.5, 0.6) is 5.75 Å². The van der Waals surface area contributed by atoms with Crippen LogP contribution in [0.2, 0.25) is 0 Å². The predicted octanol–water partition coefficient (Wildman–Crippen LogP) is 2.88. The first-order chi connectivity index (χ1) is 10.7. The lowest BCUT2D eigenvalue weighted by Crippen LogP contribution is -2.31. The Balaban J connectivity index is 1.96. The standard InChI is InChI=1S/C18H20N2O2/c1-13-11-14(7-8-15(13)12-19)18(21)20-9-4-10-22-17-6-3-2-5-16(17)20/h2-3,5-8,11H,4,9-10,12,19H2,1H3. The molecular weight excluding hydrogens is 276 g/mol. The second-order valence-electron chi connectivity index (χ2n) is 5.47. The number of benzene rings is 2. The van der Waals surface area contributed by atoms with E-state index in [1.165, 1.54) is 0 Å². The molecule has 0 fully saturated rings. The lowest BCUT2D eigenvalue weighted by atomic mass is 10.0. The van der Waals surface area contributed by atoms with Crippen LogP contribution in [0.15, 0.2) is 42.5 Å². The first-order valence-corrected chi connectivity index (χ1v) is 7.54. The zero-order valence-electron chi connectivity index (χ0n) is 12.7. The fourth-order valence-electron chi connectivity index (χ4n) is 2.75. The third-order valence-corrected chi connectivity index (χ3v) is 3.99. The molecule has 22 heavy (non-hydrogen) atoms. The van der Waals surface area contributed by atoms with Crippen LogP contribution in [0, 0.1) is 6.92 Å². The van der Waals surface area contributed by atoms with E-state index in [1.54, 1.807) is 4.90 Å². The monoisotopic (exact) mass is 296 g/mol. The van der Waals surface area contributed by atoms with Crippen molar-refractivity contribution in [3.05, 3.63) is 59.2 Å². The normalized spacial score (nSPS) is 14.0. The Bertz CT molecular complexity index is 697. The van der Waals surface area contributed by atoms with Crippen molar-refractivity contribution in [1.82, 2.24) is 0 Å². The Morgan fingerprint density at radius 3 is 2.86 bits per heavy atom. The molecule has 2 aromatic rings. The summed E-state index contributed by atoms with van der Waals surface area (Å²) in [7, 11) is 0. The number of ether oxygens (including phenoxy) is 1. The van der Waals surface area contributed by atoms with Gasteiger partial charge in [0.25, 0.3) is 5.91 Å². The molecule has 2 N–H and O–H groups in total. The lowest BCUT2D eigenvalue weighted by Gasteiger charge is -2.22. The highest BCUT2D eigenvalue weighted by Crippen LogP contribution is 2.31. The highest BCUT2D eigenvalue weighted by molar-refractivity contribution is 6.07. The maximum absolute atomic E-state index is 12.9. The maximum atomic E-state index is 12.9. The van der Waals surface area contributed by atoms with E-state index >= 15 is 0 Å². The SMILES string of the molecule is Cc1cc(C(=O)N2CCCOc3ccccc32)ccc1CN. The minimum atomic E-state index is 0.00428. The lowest BCUT2D eigenvalue weighted by molar-refractivity contribution is 0.0987. The van der Waals surface area contributed by atoms with Gasteiger partial charge in [-0.25, -0.2) is 0 Å². The zero-order valence-corrected chi connectivity index (χ0v) is 12.7. The average molecular weight is 296 g/mol. The molecule has 0 atom stereocenters. The van der Waals surface area contributed by atoms with E-state index in [1.807, 2.05) is 49.4 Å². The summed E-state index contributed by atoms with van der Waals surface area (Å²) >= 11 is 0. The van der Waals surface area contributed by atoms with Gasteiger partial charge in [-0.2, -0.15) is 0 Å². The topological polar surface area (TPSA) is 55.6 Å². The van der Waals surface area contributed by atoms with Gasteiger partial charge < -0.3 is 15.4 Å². The molecule has 1 aliphatic rings. The van der Waals surface area contributed by atoms with E-state index in [0.29, 0.717) is 25.3 Å². The molecule has 0 radical (unpaired) electrons. The van der Waals surface area contributed by atoms with Crippen molar-refractivity contribution in [1.29, 1.82) is 0 Å². The van der Waals surface area contributed by atoms with Crippen molar-refractivity contribution in [2.75, 3.05) is 18.1 Å². The van der Waals surface area contributed by atoms with Crippen molar-refractivity contribution in [3.8, 4) is 5.75 Å². The van der Waals surface area contributed by atoms with E-state index in [4.69, 9.17) is 10.5 Å². The average Bonchev–Trinajstić information content (AvgIpc) is 2.76. The van der Waals surface area contributed by atoms with E-state index in [0.717, 1.165) is 29.0 Å². The predicted molar refractivity (Wildman–Crippen MR) is 87.3 cm³/mol. The number of hydrogen-bond donors (Lipinski definition) is 1. The van der Waals surface area contributed by atoms with Crippen molar-refractivity contribution in [3.63, 3.8) is 0 Å². The third kappa shape index (κ3) is 2.70. The molecule has 114 valence electrons. The fraction of sp³-hybridized carbons (Fsp3) is 0.278. The molecule has 0 saturated heterocycles. The molecule has 0 bridgehead atoms. The first kappa shape index (κ1) is 14.6. The number of amides is 1. The summed E-state index contributed by atoms with van der Waals surface area (Å²) < 4.78 is 5.71. The van der Waals surface area contributed by atoms with Crippen molar-refractivity contribution >= 4 is 11.6 Å². The van der Waals surface area contributed by atoms with Crippen molar-refractivity contribution in [2.45, 2.75) is 19.9 Å². The van der Waals surface area contributed by atoms with Crippen LogP contribution < -0.4 is 15.4 Å². The maximum Gasteiger partial charge on any atom is 0.258 e. The number of para-hydroxylation sites is 2. The van der Waals surface area contributed by atoms with Gasteiger partial charge in [-0.3, -0.25) is 4.79 Å². The Kier molecular flexibility index (Phi) is 4.11. The first-order valence-electron chi connectivity index (χ1n) is 7.54. The molecule has 0 aliphatic carbocycles. The minimum absolute atomic E-state index is 0.00428. The van der Waals surface area contributed by atoms with Gasteiger partial charge in [0, 0.05) is 18.7 Å². The number of fused-ring (bicyclic) bond motifs is 1. The molecular formula is C18H20N2O2. The van der Waals surface area contributed by atoms with Gasteiger partial charge in [0.05, 0.1) is 12.3 Å². The molecule has 1 heterocycles. The van der Waals surface area contributed by atoms with Gasteiger partial charge in [-0.1, -0.05) is 18.2 Å². The van der Waals surface area contributed by atoms with Crippen molar-refractivity contribution in [2.24, 2.45) is 5.73 Å². The summed E-state index contributed by atoms with van der Waals surface area (Å²) in [6, 6.07) is 13.4. The van der Waals surface area contributed by atoms with Gasteiger partial charge >= 0.3 is 0 Å². The summed E-state index contributed by atoms with van der Waals surface area (Å²) in [4.78, 5) is 14.7. The summed E-state index contributed by atoms with van der Waals surface area (Å²) in [6.07, 6.45) is 0.820. The Labute approximate surface area is 130 Å². The van der Waals surface area contributed by atoms with Gasteiger partial charge in [-0.15, -0.1) is 0 Å². The molecule has 0 aromatic heterocycles. The summed E-state index contributed by atoms with van der Waals surface area (Å²) in [5, 5.41) is 0. The van der Waals surface area contributed by atoms with Gasteiger partial charge in [0.2, 0.25) is 0 Å². The smallest absolute Gasteiger partial charge is 0.258 e. The van der Waals surface area contributed by atoms with Gasteiger partial charge in [-0.05, 0) is 48.7 Å². The number of hydrogen-bond acceptors (Lipinski definition) is 3. The molecule has 4 nitrogen and oxygen atoms in total. The van der Waals surface area contributed by atoms with Crippen LogP contribution >= 0.6 is 0 Å². The number of aryl methyl sites for hydroxylation is 1. The molecule has 1 aliphatic heterocycles. The molecule has 0 unspecified atom stereocenters. The minimum Gasteiger partial charge on any atom is -0.491 e. The van der Waals surface area contributed by atoms with Crippen LogP contribution in [0.4, 0.5) is 5.69 Å². The van der Waals surface area contributed by atoms with Crippen LogP contribution in [-0.2, 0) is 6.54 Å². The summed E-state index contributed by atoms with van der Waals surface area (Å²) in [6.45, 7) is 3.76. The number of carbonyl (C=O) groups excluding carboxylic acids is 1. The highest BCUT2D eigenvalue weighted by Gasteiger charge is 2.23. The quantitative estimate of drug-likeness (QED) is 0.927. The number of anilines is 1. The highest BCUT2D eigenvalue weighted by atomic mass is 16.5. The zero-order chi connectivity index (χ0) is 15.5. The number of carbonyl (C=O) groups is 1. The molecule has 2 aromatic carbocycles. The van der Waals surface area contributed by atoms with Gasteiger partial charge in [0.1, 0.15) is 5.75 Å². The number of rotatable bonds is 2. The van der Waals surface area contributed by atoms with Crippen LogP contribution in [-0.4, -0.2) is 19.1 Å². The van der Waals surface area contributed by atoms with Crippen molar-refractivity contribution < 1.29 is 9.53 Å². The molecule has 3 rings (SSSR count). The van der Waals surface area contributed by atoms with Crippen LogP contribution in [0.3, 0.4) is 0 Å². The molecule has 0 saturated carbocycles. The number of nitrogens with two attached hydrogens (primary N) is 1. The molecule has 4 heteroatoms. The molecule has 0 spiro atoms. The third-order valence-electron chi connectivity index (χ3n) is 3.99. The van der Waals surface area contributed by atoms with E-state index < -0.39 is 0 Å². The summed E-state index contributed by atoms with van der Waals surface area (Å²) in [5.74, 6) is 0.772. The molecule has 1 amide bonds. The van der Waals surface area contributed by atoms with E-state index in [-0.39, 0.29) is 5.91 Å².